The molecule has 5 rings (SSSR count). The van der Waals surface area contributed by atoms with Crippen molar-refractivity contribution < 1.29 is 33.4 Å². The molecule has 4 aromatic rings. The van der Waals surface area contributed by atoms with E-state index in [1.165, 1.54) is 61.2 Å². The van der Waals surface area contributed by atoms with Crippen LogP contribution in [0, 0.1) is 0 Å². The third-order valence-electron chi connectivity index (χ3n) is 10.5. The largest absolute Gasteiger partial charge is 0.497 e. The van der Waals surface area contributed by atoms with Crippen LogP contribution < -0.4 is 20.1 Å². The van der Waals surface area contributed by atoms with Gasteiger partial charge in [-0.2, -0.15) is 0 Å². The maximum Gasteiger partial charge on any atom is 0.274 e. The number of Topliss-reactive ketones (excluding diaryl/α,β-unsaturated/α-hetero) is 1. The molecule has 0 aromatic heterocycles. The Bertz CT molecular complexity index is 2080. The number of hydrogen-bond acceptors (Lipinski definition) is 7. The zero-order valence-corrected chi connectivity index (χ0v) is 33.1. The lowest BCUT2D eigenvalue weighted by Crippen LogP contribution is -2.60. The molecule has 2 N–H and O–H groups in total. The van der Waals surface area contributed by atoms with Gasteiger partial charge in [-0.15, -0.1) is 0 Å². The van der Waals surface area contributed by atoms with E-state index in [-0.39, 0.29) is 45.5 Å². The van der Waals surface area contributed by atoms with E-state index in [4.69, 9.17) is 21.1 Å². The number of amides is 4. The average Bonchev–Trinajstić information content (AvgIpc) is 3.44. The number of ketones is 1. The highest BCUT2D eigenvalue weighted by molar-refractivity contribution is 6.52. The number of nitrogens with zero attached hydrogens (tertiary/aromatic N) is 1. The number of methoxy groups -OCH3 is 1. The number of halogens is 1. The van der Waals surface area contributed by atoms with Gasteiger partial charge in [-0.1, -0.05) is 83.5 Å². The molecular weight excluding hydrogens is 718 g/mol. The molecule has 1 unspecified atom stereocenters. The molecule has 0 spiro atoms. The van der Waals surface area contributed by atoms with Crippen LogP contribution in [0.1, 0.15) is 109 Å². The monoisotopic (exact) mass is 765 g/mol. The average molecular weight is 766 g/mol. The number of rotatable bonds is 16. The second kappa shape index (κ2) is 16.5. The van der Waals surface area contributed by atoms with Gasteiger partial charge in [0.2, 0.25) is 11.7 Å². The summed E-state index contributed by atoms with van der Waals surface area (Å²) in [6, 6.07) is 24.4. The zero-order chi connectivity index (χ0) is 40.1. The third kappa shape index (κ3) is 8.44. The van der Waals surface area contributed by atoms with Crippen LogP contribution in [0.15, 0.2) is 91.0 Å². The summed E-state index contributed by atoms with van der Waals surface area (Å²) in [5, 5.41) is 5.42. The van der Waals surface area contributed by atoms with Crippen LogP contribution >= 0.6 is 11.6 Å². The standard InChI is InChI=1S/C44H48ClN3O7/c1-8-42(3,4)29-21-24-36(35(26-29)43(5,6)9-2)55-25-13-18-37(49)46-30-14-12-15-31(27-30)47-41(53)44(45,38(50)28-19-22-32(54-7)23-20-28)48-39(51)33-16-10-11-17-34(33)40(48)52/h10-12,14-17,19-24,26-27H,8-9,13,18,25H2,1-7H3,(H,46,49)(H,47,53). The molecule has 0 saturated carbocycles. The van der Waals surface area contributed by atoms with Crippen LogP contribution in [-0.4, -0.2) is 53.0 Å². The van der Waals surface area contributed by atoms with Gasteiger partial charge in [0.1, 0.15) is 11.5 Å². The van der Waals surface area contributed by atoms with Crippen LogP contribution in [0.4, 0.5) is 11.4 Å². The van der Waals surface area contributed by atoms with Crippen LogP contribution in [0.3, 0.4) is 0 Å². The first kappa shape index (κ1) is 40.7. The maximum atomic E-state index is 14.1. The molecule has 1 heterocycles. The van der Waals surface area contributed by atoms with E-state index in [0.717, 1.165) is 24.2 Å². The molecule has 4 amide bonds. The Hall–Kier alpha value is -5.48. The number of hydrogen-bond donors (Lipinski definition) is 2. The molecule has 10 nitrogen and oxygen atoms in total. The SMILES string of the molecule is CCC(C)(C)c1ccc(OCCCC(=O)Nc2cccc(NC(=O)C(Cl)(C(=O)c3ccc(OC)cc3)N3C(=O)c4ccccc4C3=O)c2)c(C(C)(C)CC)c1. The van der Waals surface area contributed by atoms with Crippen molar-refractivity contribution in [2.24, 2.45) is 0 Å². The van der Waals surface area contributed by atoms with E-state index in [1.54, 1.807) is 24.3 Å². The summed E-state index contributed by atoms with van der Waals surface area (Å²) in [4.78, 5) is 65.9. The lowest BCUT2D eigenvalue weighted by atomic mass is 9.76. The van der Waals surface area contributed by atoms with E-state index < -0.39 is 28.5 Å². The fraction of sp³-hybridized carbons (Fsp3) is 0.341. The number of alkyl halides is 1. The number of carbonyl (C=O) groups excluding carboxylic acids is 5. The minimum absolute atomic E-state index is 0.0159. The smallest absolute Gasteiger partial charge is 0.274 e. The van der Waals surface area contributed by atoms with Gasteiger partial charge < -0.3 is 20.1 Å². The van der Waals surface area contributed by atoms with Crippen LogP contribution in [0.5, 0.6) is 11.5 Å². The Morgan fingerprint density at radius 2 is 1.35 bits per heavy atom. The van der Waals surface area contributed by atoms with E-state index in [9.17, 15) is 24.0 Å². The lowest BCUT2D eigenvalue weighted by molar-refractivity contribution is -0.120. The van der Waals surface area contributed by atoms with Gasteiger partial charge in [0, 0.05) is 28.9 Å². The molecular formula is C44H48ClN3O7. The van der Waals surface area contributed by atoms with Crippen molar-refractivity contribution in [2.45, 2.75) is 83.1 Å². The quantitative estimate of drug-likeness (QED) is 0.0291. The summed E-state index contributed by atoms with van der Waals surface area (Å²) in [6.45, 7) is 13.6. The highest BCUT2D eigenvalue weighted by atomic mass is 35.5. The van der Waals surface area contributed by atoms with Crippen molar-refractivity contribution >= 4 is 52.4 Å². The van der Waals surface area contributed by atoms with Crippen LogP contribution in [0.2, 0.25) is 0 Å². The number of nitrogens with one attached hydrogen (secondary N) is 2. The maximum absolute atomic E-state index is 14.1. The summed E-state index contributed by atoms with van der Waals surface area (Å²) in [6.07, 6.45) is 2.58. The second-order valence-electron chi connectivity index (χ2n) is 14.9. The van der Waals surface area contributed by atoms with Gasteiger partial charge in [0.05, 0.1) is 24.8 Å². The Balaban J connectivity index is 1.28. The molecule has 0 radical (unpaired) electrons. The molecule has 0 bridgehead atoms. The van der Waals surface area contributed by atoms with Crippen molar-refractivity contribution in [2.75, 3.05) is 24.4 Å². The fourth-order valence-corrected chi connectivity index (χ4v) is 6.55. The summed E-state index contributed by atoms with van der Waals surface area (Å²) in [7, 11) is 1.46. The van der Waals surface area contributed by atoms with Crippen molar-refractivity contribution in [1.29, 1.82) is 0 Å². The Kier molecular flexibility index (Phi) is 12.2. The number of fused-ring (bicyclic) bond motifs is 1. The van der Waals surface area contributed by atoms with Gasteiger partial charge in [-0.3, -0.25) is 24.0 Å². The van der Waals surface area contributed by atoms with Crippen LogP contribution in [0.25, 0.3) is 0 Å². The molecule has 1 atom stereocenters. The van der Waals surface area contributed by atoms with E-state index in [0.29, 0.717) is 29.4 Å². The third-order valence-corrected chi connectivity index (χ3v) is 11.0. The number of ether oxygens (including phenoxy) is 2. The van der Waals surface area contributed by atoms with Gasteiger partial charge >= 0.3 is 0 Å². The van der Waals surface area contributed by atoms with Gasteiger partial charge in [0.15, 0.2) is 0 Å². The van der Waals surface area contributed by atoms with Crippen molar-refractivity contribution in [1.82, 2.24) is 4.90 Å². The highest BCUT2D eigenvalue weighted by Crippen LogP contribution is 2.39. The molecule has 288 valence electrons. The normalized spacial score (nSPS) is 13.9. The van der Waals surface area contributed by atoms with Crippen molar-refractivity contribution in [3.8, 4) is 11.5 Å². The summed E-state index contributed by atoms with van der Waals surface area (Å²) in [5.41, 5.74) is 2.88. The molecule has 1 aliphatic rings. The van der Waals surface area contributed by atoms with Gasteiger partial charge in [-0.05, 0) is 96.3 Å². The van der Waals surface area contributed by atoms with Crippen molar-refractivity contribution in [3.63, 3.8) is 0 Å². The predicted octanol–water partition coefficient (Wildman–Crippen LogP) is 8.92. The molecule has 0 saturated heterocycles. The number of imide groups is 1. The van der Waals surface area contributed by atoms with Gasteiger partial charge in [-0.25, -0.2) is 4.90 Å². The lowest BCUT2D eigenvalue weighted by Gasteiger charge is -2.32. The fourth-order valence-electron chi connectivity index (χ4n) is 6.24. The van der Waals surface area contributed by atoms with E-state index >= 15 is 0 Å². The first-order valence-electron chi connectivity index (χ1n) is 18.4. The van der Waals surface area contributed by atoms with Crippen molar-refractivity contribution in [3.05, 3.63) is 119 Å². The minimum atomic E-state index is -2.81. The first-order chi connectivity index (χ1) is 26.1. The zero-order valence-electron chi connectivity index (χ0n) is 32.4. The summed E-state index contributed by atoms with van der Waals surface area (Å²) in [5.74, 6) is -2.92. The van der Waals surface area contributed by atoms with Gasteiger partial charge in [0.25, 0.3) is 22.7 Å². The Morgan fingerprint density at radius 3 is 1.93 bits per heavy atom. The molecule has 1 aliphatic heterocycles. The Labute approximate surface area is 327 Å². The summed E-state index contributed by atoms with van der Waals surface area (Å²) >= 11 is 6.91. The second-order valence-corrected chi connectivity index (χ2v) is 15.4. The van der Waals surface area contributed by atoms with Crippen LogP contribution in [-0.2, 0) is 20.4 Å². The molecule has 0 fully saturated rings. The topological polar surface area (TPSA) is 131 Å². The van der Waals surface area contributed by atoms with E-state index in [2.05, 4.69) is 64.3 Å². The molecule has 11 heteroatoms. The highest BCUT2D eigenvalue weighted by Gasteiger charge is 2.58. The van der Waals surface area contributed by atoms with E-state index in [1.807, 2.05) is 6.07 Å². The summed E-state index contributed by atoms with van der Waals surface area (Å²) < 4.78 is 11.4. The first-order valence-corrected chi connectivity index (χ1v) is 18.8. The molecule has 0 aliphatic carbocycles. The molecule has 55 heavy (non-hydrogen) atoms. The predicted molar refractivity (Wildman–Crippen MR) is 214 cm³/mol. The number of carbonyl (C=O) groups is 5. The number of anilines is 2. The minimum Gasteiger partial charge on any atom is -0.497 e. The Morgan fingerprint density at radius 1 is 0.745 bits per heavy atom. The number of benzene rings is 4. The molecule has 4 aromatic carbocycles.